The fourth-order valence-electron chi connectivity index (χ4n) is 2.22. The van der Waals surface area contributed by atoms with Crippen LogP contribution in [-0.4, -0.2) is 0 Å². The van der Waals surface area contributed by atoms with Crippen molar-refractivity contribution >= 4 is 0 Å². The Bertz CT molecular complexity index is 407. The zero-order valence-electron chi connectivity index (χ0n) is 15.4. The first-order valence-corrected chi connectivity index (χ1v) is 8.98. The second kappa shape index (κ2) is 13.1. The minimum absolute atomic E-state index is 1.10. The molecule has 0 atom stereocenters. The quantitative estimate of drug-likeness (QED) is 0.452. The van der Waals surface area contributed by atoms with Crippen LogP contribution in [-0.2, 0) is 12.8 Å². The molecule has 1 aliphatic rings. The number of rotatable bonds is 1. The van der Waals surface area contributed by atoms with Crippen molar-refractivity contribution in [2.45, 2.75) is 67.2 Å². The van der Waals surface area contributed by atoms with Gasteiger partial charge < -0.3 is 0 Å². The maximum absolute atomic E-state index is 2.24. The van der Waals surface area contributed by atoms with Crippen molar-refractivity contribution in [3.05, 3.63) is 70.8 Å². The van der Waals surface area contributed by atoms with Crippen LogP contribution in [0.2, 0.25) is 0 Å². The van der Waals surface area contributed by atoms with Gasteiger partial charge in [-0.25, -0.2) is 0 Å². The van der Waals surface area contributed by atoms with Gasteiger partial charge in [0.15, 0.2) is 0 Å². The van der Waals surface area contributed by atoms with Gasteiger partial charge in [0.2, 0.25) is 0 Å². The number of unbranched alkanes of at least 4 members (excludes halogenated alkanes) is 1. The van der Waals surface area contributed by atoms with E-state index in [0.29, 0.717) is 0 Å². The summed E-state index contributed by atoms with van der Waals surface area (Å²) in [6.45, 7) is 12.4. The Hall–Kier alpha value is -1.56. The molecular weight excluding hydrogens is 264 g/mol. The average Bonchev–Trinajstić information content (AvgIpc) is 2.63. The Kier molecular flexibility index (Phi) is 12.2. The van der Waals surface area contributed by atoms with E-state index in [9.17, 15) is 0 Å². The van der Waals surface area contributed by atoms with Crippen molar-refractivity contribution < 1.29 is 0 Å². The lowest BCUT2D eigenvalue weighted by Crippen LogP contribution is -2.06. The SMILES string of the molecule is CC.CC.CCCC.c1ccc2c(c1)Cc1ccccc1C2. The van der Waals surface area contributed by atoms with Gasteiger partial charge in [-0.15, -0.1) is 0 Å². The van der Waals surface area contributed by atoms with Crippen LogP contribution < -0.4 is 0 Å². The van der Waals surface area contributed by atoms with Crippen LogP contribution in [0.25, 0.3) is 0 Å². The Morgan fingerprint density at radius 1 is 0.545 bits per heavy atom. The van der Waals surface area contributed by atoms with Crippen LogP contribution in [0.3, 0.4) is 0 Å². The fourth-order valence-corrected chi connectivity index (χ4v) is 2.22. The normalized spacial score (nSPS) is 10.3. The lowest BCUT2D eigenvalue weighted by Gasteiger charge is -2.18. The lowest BCUT2D eigenvalue weighted by molar-refractivity contribution is 0.886. The molecule has 0 amide bonds. The molecular formula is C22H34. The highest BCUT2D eigenvalue weighted by Gasteiger charge is 2.12. The van der Waals surface area contributed by atoms with Gasteiger partial charge in [0.05, 0.1) is 0 Å². The van der Waals surface area contributed by atoms with E-state index in [0.717, 1.165) is 12.8 Å². The molecule has 0 aromatic heterocycles. The monoisotopic (exact) mass is 298 g/mol. The third-order valence-electron chi connectivity index (χ3n) is 3.50. The van der Waals surface area contributed by atoms with Crippen molar-refractivity contribution in [1.82, 2.24) is 0 Å². The van der Waals surface area contributed by atoms with Crippen molar-refractivity contribution in [3.8, 4) is 0 Å². The molecule has 0 N–H and O–H groups in total. The standard InChI is InChI=1S/C14H12.C4H10.2C2H6/c1-2-6-12-10-14-8-4-3-7-13(14)9-11(12)5-1;1-3-4-2;2*1-2/h1-8H,9-10H2;3-4H2,1-2H3;2*1-2H3. The van der Waals surface area contributed by atoms with Crippen LogP contribution in [0.5, 0.6) is 0 Å². The Morgan fingerprint density at radius 2 is 0.773 bits per heavy atom. The third kappa shape index (κ3) is 6.47. The molecule has 0 nitrogen and oxygen atoms in total. The van der Waals surface area contributed by atoms with Crippen LogP contribution in [0, 0.1) is 0 Å². The third-order valence-corrected chi connectivity index (χ3v) is 3.50. The summed E-state index contributed by atoms with van der Waals surface area (Å²) >= 11 is 0. The Morgan fingerprint density at radius 3 is 0.955 bits per heavy atom. The van der Waals surface area contributed by atoms with Gasteiger partial charge in [-0.05, 0) is 35.1 Å². The van der Waals surface area contributed by atoms with Gasteiger partial charge in [-0.3, -0.25) is 0 Å². The van der Waals surface area contributed by atoms with E-state index in [2.05, 4.69) is 62.4 Å². The van der Waals surface area contributed by atoms with E-state index in [-0.39, 0.29) is 0 Å². The molecule has 0 aliphatic heterocycles. The molecule has 0 unspecified atom stereocenters. The summed E-state index contributed by atoms with van der Waals surface area (Å²) in [4.78, 5) is 0. The van der Waals surface area contributed by atoms with E-state index in [1.165, 1.54) is 35.1 Å². The van der Waals surface area contributed by atoms with Crippen LogP contribution >= 0.6 is 0 Å². The first kappa shape index (κ1) is 20.4. The molecule has 0 spiro atoms. The summed E-state index contributed by atoms with van der Waals surface area (Å²) in [7, 11) is 0. The van der Waals surface area contributed by atoms with Crippen molar-refractivity contribution in [2.75, 3.05) is 0 Å². The molecule has 3 rings (SSSR count). The zero-order chi connectivity index (χ0) is 16.8. The largest absolute Gasteiger partial charge is 0.0683 e. The Balaban J connectivity index is 0.000000476. The van der Waals surface area contributed by atoms with E-state index < -0.39 is 0 Å². The zero-order valence-corrected chi connectivity index (χ0v) is 15.4. The number of hydrogen-bond donors (Lipinski definition) is 0. The molecule has 0 saturated carbocycles. The smallest absolute Gasteiger partial charge is 0.00201 e. The van der Waals surface area contributed by atoms with E-state index in [1.807, 2.05) is 27.7 Å². The number of benzene rings is 2. The molecule has 22 heavy (non-hydrogen) atoms. The first-order valence-electron chi connectivity index (χ1n) is 8.98. The molecule has 1 aliphatic carbocycles. The average molecular weight is 299 g/mol. The number of fused-ring (bicyclic) bond motifs is 2. The first-order chi connectivity index (χ1) is 10.8. The predicted octanol–water partition coefficient (Wildman–Crippen LogP) is 7.04. The fraction of sp³-hybridized carbons (Fsp3) is 0.455. The van der Waals surface area contributed by atoms with E-state index in [1.54, 1.807) is 0 Å². The molecule has 0 bridgehead atoms. The van der Waals surface area contributed by atoms with Gasteiger partial charge in [0.25, 0.3) is 0 Å². The topological polar surface area (TPSA) is 0 Å². The van der Waals surface area contributed by atoms with Crippen LogP contribution in [0.4, 0.5) is 0 Å². The van der Waals surface area contributed by atoms with E-state index in [4.69, 9.17) is 0 Å². The molecule has 0 saturated heterocycles. The molecule has 0 radical (unpaired) electrons. The highest BCUT2D eigenvalue weighted by molar-refractivity contribution is 5.44. The Labute approximate surface area is 138 Å². The molecule has 122 valence electrons. The summed E-state index contributed by atoms with van der Waals surface area (Å²) in [5.74, 6) is 0. The molecule has 0 fully saturated rings. The van der Waals surface area contributed by atoms with Crippen molar-refractivity contribution in [3.63, 3.8) is 0 Å². The van der Waals surface area contributed by atoms with Crippen LogP contribution in [0.15, 0.2) is 48.5 Å². The lowest BCUT2D eigenvalue weighted by atomic mass is 9.86. The predicted molar refractivity (Wildman–Crippen MR) is 102 cm³/mol. The van der Waals surface area contributed by atoms with Gasteiger partial charge in [0, 0.05) is 0 Å². The highest BCUT2D eigenvalue weighted by Crippen LogP contribution is 2.26. The van der Waals surface area contributed by atoms with Crippen molar-refractivity contribution in [2.24, 2.45) is 0 Å². The summed E-state index contributed by atoms with van der Waals surface area (Å²) in [5, 5.41) is 0. The summed E-state index contributed by atoms with van der Waals surface area (Å²) in [6.07, 6.45) is 4.85. The maximum Gasteiger partial charge on any atom is -0.00201 e. The molecule has 2 aromatic rings. The minimum Gasteiger partial charge on any atom is -0.0683 e. The van der Waals surface area contributed by atoms with Crippen LogP contribution in [0.1, 0.15) is 76.6 Å². The minimum atomic E-state index is 1.10. The molecule has 2 aromatic carbocycles. The number of hydrogen-bond acceptors (Lipinski definition) is 0. The second-order valence-electron chi connectivity index (χ2n) is 4.89. The van der Waals surface area contributed by atoms with Gasteiger partial charge >= 0.3 is 0 Å². The summed E-state index contributed by atoms with van der Waals surface area (Å²) in [6, 6.07) is 17.5. The van der Waals surface area contributed by atoms with Gasteiger partial charge in [-0.1, -0.05) is 103 Å². The molecule has 0 heterocycles. The van der Waals surface area contributed by atoms with E-state index >= 15 is 0 Å². The maximum atomic E-state index is 2.24. The summed E-state index contributed by atoms with van der Waals surface area (Å²) < 4.78 is 0. The molecule has 0 heteroatoms. The summed E-state index contributed by atoms with van der Waals surface area (Å²) in [5.41, 5.74) is 5.97. The highest BCUT2D eigenvalue weighted by atomic mass is 14.2. The van der Waals surface area contributed by atoms with Gasteiger partial charge in [0.1, 0.15) is 0 Å². The second-order valence-corrected chi connectivity index (χ2v) is 4.89. The van der Waals surface area contributed by atoms with Crippen molar-refractivity contribution in [1.29, 1.82) is 0 Å². The van der Waals surface area contributed by atoms with Gasteiger partial charge in [-0.2, -0.15) is 0 Å².